The molecule has 142 valence electrons. The summed E-state index contributed by atoms with van der Waals surface area (Å²) in [6.07, 6.45) is 0. The number of ether oxygens (including phenoxy) is 2. The average Bonchev–Trinajstić information content (AvgIpc) is 2.64. The van der Waals surface area contributed by atoms with E-state index in [4.69, 9.17) is 9.47 Å². The minimum atomic E-state index is -0.562. The van der Waals surface area contributed by atoms with Gasteiger partial charge in [0.2, 0.25) is 0 Å². The first-order valence-corrected chi connectivity index (χ1v) is 8.68. The Bertz CT molecular complexity index is 812. The van der Waals surface area contributed by atoms with Crippen molar-refractivity contribution in [1.82, 2.24) is 5.32 Å². The molecular formula is C21H23NO5. The summed E-state index contributed by atoms with van der Waals surface area (Å²) in [7, 11) is 0. The predicted octanol–water partition coefficient (Wildman–Crippen LogP) is 3.21. The van der Waals surface area contributed by atoms with Crippen LogP contribution in [0.1, 0.15) is 31.1 Å². The Balaban J connectivity index is 2.00. The number of amides is 1. The molecule has 6 nitrogen and oxygen atoms in total. The summed E-state index contributed by atoms with van der Waals surface area (Å²) in [5.41, 5.74) is 2.02. The summed E-state index contributed by atoms with van der Waals surface area (Å²) in [6.45, 7) is 5.53. The van der Waals surface area contributed by atoms with Crippen molar-refractivity contribution in [1.29, 1.82) is 0 Å². The molecule has 2 aromatic carbocycles. The van der Waals surface area contributed by atoms with Crippen LogP contribution >= 0.6 is 0 Å². The molecule has 0 unspecified atom stereocenters. The second-order valence-electron chi connectivity index (χ2n) is 6.47. The lowest BCUT2D eigenvalue weighted by molar-refractivity contribution is -0.131. The first-order chi connectivity index (χ1) is 12.8. The van der Waals surface area contributed by atoms with Gasteiger partial charge in [-0.05, 0) is 41.3 Å². The van der Waals surface area contributed by atoms with E-state index in [0.29, 0.717) is 23.8 Å². The Labute approximate surface area is 158 Å². The largest absolute Gasteiger partial charge is 0.452 e. The van der Waals surface area contributed by atoms with Crippen LogP contribution in [-0.2, 0) is 14.3 Å². The first-order valence-electron chi connectivity index (χ1n) is 8.68. The number of rotatable bonds is 7. The maximum Gasteiger partial charge on any atom is 0.338 e. The SMILES string of the molecule is CC(=O)Oc1ccc(-c2cccc(C(=O)OCC(=O)NCC(C)C)c2)cc1. The Morgan fingerprint density at radius 1 is 1.00 bits per heavy atom. The average molecular weight is 369 g/mol. The Kier molecular flexibility index (Phi) is 7.11. The molecule has 0 atom stereocenters. The maximum absolute atomic E-state index is 12.2. The molecule has 27 heavy (non-hydrogen) atoms. The van der Waals surface area contributed by atoms with Gasteiger partial charge in [-0.25, -0.2) is 4.79 Å². The van der Waals surface area contributed by atoms with Crippen LogP contribution in [0.2, 0.25) is 0 Å². The first kappa shape index (κ1) is 20.2. The highest BCUT2D eigenvalue weighted by atomic mass is 16.5. The molecule has 6 heteroatoms. The van der Waals surface area contributed by atoms with E-state index >= 15 is 0 Å². The predicted molar refractivity (Wildman–Crippen MR) is 101 cm³/mol. The van der Waals surface area contributed by atoms with Crippen LogP contribution in [0.4, 0.5) is 0 Å². The molecule has 0 aliphatic carbocycles. The molecule has 1 amide bonds. The van der Waals surface area contributed by atoms with E-state index in [1.54, 1.807) is 42.5 Å². The third-order valence-electron chi connectivity index (χ3n) is 3.59. The van der Waals surface area contributed by atoms with Crippen molar-refractivity contribution in [2.75, 3.05) is 13.2 Å². The molecule has 0 bridgehead atoms. The Morgan fingerprint density at radius 3 is 2.33 bits per heavy atom. The molecule has 2 rings (SSSR count). The number of hydrogen-bond acceptors (Lipinski definition) is 5. The van der Waals surface area contributed by atoms with Gasteiger partial charge in [-0.3, -0.25) is 9.59 Å². The molecule has 0 saturated heterocycles. The van der Waals surface area contributed by atoms with Crippen LogP contribution in [0.15, 0.2) is 48.5 Å². The molecule has 0 aromatic heterocycles. The number of nitrogens with one attached hydrogen (secondary N) is 1. The Morgan fingerprint density at radius 2 is 1.70 bits per heavy atom. The quantitative estimate of drug-likeness (QED) is 0.599. The van der Waals surface area contributed by atoms with E-state index in [-0.39, 0.29) is 18.5 Å². The van der Waals surface area contributed by atoms with Crippen LogP contribution in [0.5, 0.6) is 5.75 Å². The van der Waals surface area contributed by atoms with Crippen molar-refractivity contribution >= 4 is 17.8 Å². The third-order valence-corrected chi connectivity index (χ3v) is 3.59. The smallest absolute Gasteiger partial charge is 0.338 e. The van der Waals surface area contributed by atoms with Gasteiger partial charge in [-0.15, -0.1) is 0 Å². The monoisotopic (exact) mass is 369 g/mol. The van der Waals surface area contributed by atoms with Crippen LogP contribution in [0.3, 0.4) is 0 Å². The molecule has 0 fully saturated rings. The fourth-order valence-corrected chi connectivity index (χ4v) is 2.29. The van der Waals surface area contributed by atoms with Crippen molar-refractivity contribution < 1.29 is 23.9 Å². The van der Waals surface area contributed by atoms with Crippen LogP contribution in [0.25, 0.3) is 11.1 Å². The van der Waals surface area contributed by atoms with E-state index < -0.39 is 5.97 Å². The molecule has 0 spiro atoms. The van der Waals surface area contributed by atoms with Crippen molar-refractivity contribution in [2.45, 2.75) is 20.8 Å². The fourth-order valence-electron chi connectivity index (χ4n) is 2.29. The second kappa shape index (κ2) is 9.52. The molecule has 0 aliphatic rings. The zero-order valence-electron chi connectivity index (χ0n) is 15.7. The van der Waals surface area contributed by atoms with Gasteiger partial charge in [0, 0.05) is 13.5 Å². The number of hydrogen-bond donors (Lipinski definition) is 1. The zero-order valence-corrected chi connectivity index (χ0v) is 15.7. The van der Waals surface area contributed by atoms with Gasteiger partial charge >= 0.3 is 11.9 Å². The molecule has 0 saturated carbocycles. The van der Waals surface area contributed by atoms with E-state index in [2.05, 4.69) is 5.32 Å². The normalized spacial score (nSPS) is 10.4. The lowest BCUT2D eigenvalue weighted by Gasteiger charge is -2.09. The van der Waals surface area contributed by atoms with Gasteiger partial charge in [-0.1, -0.05) is 38.1 Å². The summed E-state index contributed by atoms with van der Waals surface area (Å²) in [6, 6.07) is 13.9. The highest BCUT2D eigenvalue weighted by Crippen LogP contribution is 2.23. The van der Waals surface area contributed by atoms with Crippen molar-refractivity contribution in [3.05, 3.63) is 54.1 Å². The summed E-state index contributed by atoms with van der Waals surface area (Å²) < 4.78 is 10.1. The minimum absolute atomic E-state index is 0.313. The second-order valence-corrected chi connectivity index (χ2v) is 6.47. The molecule has 0 heterocycles. The number of benzene rings is 2. The Hall–Kier alpha value is -3.15. The lowest BCUT2D eigenvalue weighted by atomic mass is 10.0. The van der Waals surface area contributed by atoms with Gasteiger partial charge in [0.25, 0.3) is 5.91 Å². The van der Waals surface area contributed by atoms with Crippen molar-refractivity contribution in [3.8, 4) is 16.9 Å². The number of carbonyl (C=O) groups is 3. The van der Waals surface area contributed by atoms with Gasteiger partial charge in [0.05, 0.1) is 5.56 Å². The van der Waals surface area contributed by atoms with Gasteiger partial charge in [0.15, 0.2) is 6.61 Å². The molecular weight excluding hydrogens is 346 g/mol. The summed E-state index contributed by atoms with van der Waals surface area (Å²) in [5.74, 6) is -0.491. The van der Waals surface area contributed by atoms with Gasteiger partial charge < -0.3 is 14.8 Å². The molecule has 2 aromatic rings. The zero-order chi connectivity index (χ0) is 19.8. The highest BCUT2D eigenvalue weighted by Gasteiger charge is 2.11. The minimum Gasteiger partial charge on any atom is -0.452 e. The van der Waals surface area contributed by atoms with Gasteiger partial charge in [-0.2, -0.15) is 0 Å². The fraction of sp³-hybridized carbons (Fsp3) is 0.286. The van der Waals surface area contributed by atoms with Crippen LogP contribution in [-0.4, -0.2) is 31.0 Å². The van der Waals surface area contributed by atoms with E-state index in [0.717, 1.165) is 11.1 Å². The molecule has 0 aliphatic heterocycles. The van der Waals surface area contributed by atoms with E-state index in [1.807, 2.05) is 19.9 Å². The maximum atomic E-state index is 12.2. The summed E-state index contributed by atoms with van der Waals surface area (Å²) >= 11 is 0. The third kappa shape index (κ3) is 6.58. The van der Waals surface area contributed by atoms with Crippen LogP contribution < -0.4 is 10.1 Å². The summed E-state index contributed by atoms with van der Waals surface area (Å²) in [5, 5.41) is 2.69. The van der Waals surface area contributed by atoms with Crippen molar-refractivity contribution in [2.24, 2.45) is 5.92 Å². The highest BCUT2D eigenvalue weighted by molar-refractivity contribution is 5.92. The van der Waals surface area contributed by atoms with E-state index in [1.165, 1.54) is 6.92 Å². The molecule has 1 N–H and O–H groups in total. The van der Waals surface area contributed by atoms with Crippen LogP contribution in [0, 0.1) is 5.92 Å². The standard InChI is InChI=1S/C21H23NO5/c1-14(2)12-22-20(24)13-26-21(25)18-6-4-5-17(11-18)16-7-9-19(10-8-16)27-15(3)23/h4-11,14H,12-13H2,1-3H3,(H,22,24). The van der Waals surface area contributed by atoms with Gasteiger partial charge in [0.1, 0.15) is 5.75 Å². The van der Waals surface area contributed by atoms with Crippen molar-refractivity contribution in [3.63, 3.8) is 0 Å². The number of carbonyl (C=O) groups excluding carboxylic acids is 3. The molecule has 0 radical (unpaired) electrons. The lowest BCUT2D eigenvalue weighted by Crippen LogP contribution is -2.31. The van der Waals surface area contributed by atoms with E-state index in [9.17, 15) is 14.4 Å². The topological polar surface area (TPSA) is 81.7 Å². The summed E-state index contributed by atoms with van der Waals surface area (Å²) in [4.78, 5) is 34.8. The number of esters is 2.